The van der Waals surface area contributed by atoms with Gasteiger partial charge in [0.1, 0.15) is 0 Å². The van der Waals surface area contributed by atoms with Gasteiger partial charge in [0.25, 0.3) is 5.56 Å². The van der Waals surface area contributed by atoms with Crippen LogP contribution in [0.3, 0.4) is 0 Å². The number of aromatic nitrogens is 2. The summed E-state index contributed by atoms with van der Waals surface area (Å²) in [6.07, 6.45) is 4.59. The third kappa shape index (κ3) is 3.15. The summed E-state index contributed by atoms with van der Waals surface area (Å²) in [5.41, 5.74) is 3.14. The van der Waals surface area contributed by atoms with Crippen molar-refractivity contribution in [3.05, 3.63) is 82.9 Å². The smallest absolute Gasteiger partial charge is 0.260 e. The molecule has 1 aliphatic carbocycles. The predicted molar refractivity (Wildman–Crippen MR) is 127 cm³/mol. The molecule has 2 aromatic heterocycles. The average molecular weight is 421 g/mol. The summed E-state index contributed by atoms with van der Waals surface area (Å²) in [7, 11) is 0. The quantitative estimate of drug-likeness (QED) is 0.467. The van der Waals surface area contributed by atoms with Crippen LogP contribution in [-0.4, -0.2) is 22.6 Å². The van der Waals surface area contributed by atoms with Gasteiger partial charge in [0, 0.05) is 48.2 Å². The second-order valence-corrected chi connectivity index (χ2v) is 9.00. The largest absolute Gasteiger partial charge is 0.371 e. The summed E-state index contributed by atoms with van der Waals surface area (Å²) < 4.78 is 1.91. The molecule has 1 aliphatic heterocycles. The minimum atomic E-state index is 0.0776. The number of hydrogen-bond acceptors (Lipinski definition) is 4. The molecule has 3 heterocycles. The van der Waals surface area contributed by atoms with Gasteiger partial charge in [0.15, 0.2) is 0 Å². The van der Waals surface area contributed by atoms with Gasteiger partial charge in [-0.05, 0) is 48.9 Å². The van der Waals surface area contributed by atoms with Crippen LogP contribution in [0, 0.1) is 17.2 Å². The summed E-state index contributed by atoms with van der Waals surface area (Å²) in [5.74, 6) is 0.396. The molecule has 0 bridgehead atoms. The van der Waals surface area contributed by atoms with Gasteiger partial charge in [-0.3, -0.25) is 9.78 Å². The monoisotopic (exact) mass is 420 g/mol. The Labute approximate surface area is 186 Å². The molecule has 1 saturated heterocycles. The molecule has 0 amide bonds. The summed E-state index contributed by atoms with van der Waals surface area (Å²) in [4.78, 5) is 20.8. The van der Waals surface area contributed by atoms with Crippen molar-refractivity contribution in [1.82, 2.24) is 9.55 Å². The average Bonchev–Trinajstić information content (AvgIpc) is 3.64. The molecule has 1 unspecified atom stereocenters. The highest BCUT2D eigenvalue weighted by Crippen LogP contribution is 2.50. The van der Waals surface area contributed by atoms with Crippen LogP contribution in [0.5, 0.6) is 0 Å². The molecular formula is C27H24N4O. The zero-order valence-electron chi connectivity index (χ0n) is 17.8. The molecule has 5 heteroatoms. The van der Waals surface area contributed by atoms with Crippen molar-refractivity contribution in [1.29, 1.82) is 5.26 Å². The van der Waals surface area contributed by atoms with Gasteiger partial charge in [-0.2, -0.15) is 5.26 Å². The van der Waals surface area contributed by atoms with E-state index in [1.54, 1.807) is 0 Å². The molecule has 0 spiro atoms. The van der Waals surface area contributed by atoms with E-state index >= 15 is 0 Å². The Morgan fingerprint density at radius 2 is 1.75 bits per heavy atom. The molecule has 4 aromatic rings. The fraction of sp³-hybridized carbons (Fsp3) is 0.296. The van der Waals surface area contributed by atoms with Crippen molar-refractivity contribution >= 4 is 27.4 Å². The summed E-state index contributed by atoms with van der Waals surface area (Å²) in [6, 6.07) is 23.1. The first kappa shape index (κ1) is 19.1. The van der Waals surface area contributed by atoms with E-state index in [0.717, 1.165) is 65.4 Å². The van der Waals surface area contributed by atoms with Crippen molar-refractivity contribution in [2.75, 3.05) is 18.0 Å². The number of piperidine rings is 1. The summed E-state index contributed by atoms with van der Waals surface area (Å²) >= 11 is 0. The van der Waals surface area contributed by atoms with Crippen molar-refractivity contribution in [2.45, 2.75) is 31.2 Å². The topological polar surface area (TPSA) is 61.9 Å². The number of pyridine rings is 2. The van der Waals surface area contributed by atoms with E-state index in [4.69, 9.17) is 4.98 Å². The number of fused-ring (bicyclic) bond motifs is 2. The van der Waals surface area contributed by atoms with Crippen molar-refractivity contribution < 1.29 is 0 Å². The maximum atomic E-state index is 13.6. The molecule has 2 fully saturated rings. The van der Waals surface area contributed by atoms with Crippen LogP contribution in [-0.2, 0) is 0 Å². The lowest BCUT2D eigenvalue weighted by atomic mass is 9.97. The molecule has 5 nitrogen and oxygen atoms in total. The minimum absolute atomic E-state index is 0.0776. The number of hydrogen-bond donors (Lipinski definition) is 0. The highest BCUT2D eigenvalue weighted by molar-refractivity contribution is 5.93. The first-order valence-corrected chi connectivity index (χ1v) is 11.4. The fourth-order valence-electron chi connectivity index (χ4n) is 5.16. The molecule has 6 rings (SSSR count). The van der Waals surface area contributed by atoms with E-state index in [1.807, 2.05) is 41.1 Å². The van der Waals surface area contributed by atoms with Crippen molar-refractivity contribution in [3.8, 4) is 6.07 Å². The normalized spacial score (nSPS) is 21.0. The second-order valence-electron chi connectivity index (χ2n) is 9.00. The molecule has 0 N–H and O–H groups in total. The van der Waals surface area contributed by atoms with Gasteiger partial charge in [-0.15, -0.1) is 0 Å². The number of benzene rings is 2. The Morgan fingerprint density at radius 1 is 0.938 bits per heavy atom. The first-order valence-electron chi connectivity index (χ1n) is 11.4. The number of nitriles is 1. The number of nitrogens with zero attached hydrogens (tertiary/aromatic N) is 4. The van der Waals surface area contributed by atoms with Crippen LogP contribution in [0.15, 0.2) is 71.7 Å². The summed E-state index contributed by atoms with van der Waals surface area (Å²) in [5, 5.41) is 12.1. The molecule has 32 heavy (non-hydrogen) atoms. The third-order valence-corrected chi connectivity index (χ3v) is 7.07. The standard InChI is InChI=1S/C27H24N4O/c28-17-18-10-13-30(14-11-18)24-7-3-5-20-12-15-31(27(32)26(20)24)25-16-21(25)23-9-8-19-4-1-2-6-22(19)29-23/h1-9,12,15,18,21,25H,10-11,13-14,16H2/t21?,25-/m1/s1. The fourth-order valence-corrected chi connectivity index (χ4v) is 5.16. The Morgan fingerprint density at radius 3 is 2.59 bits per heavy atom. The Bertz CT molecular complexity index is 1430. The maximum absolute atomic E-state index is 13.6. The molecular weight excluding hydrogens is 396 g/mol. The molecule has 0 radical (unpaired) electrons. The van der Waals surface area contributed by atoms with E-state index in [-0.39, 0.29) is 23.4 Å². The molecule has 2 aromatic carbocycles. The van der Waals surface area contributed by atoms with Crippen LogP contribution in [0.25, 0.3) is 21.7 Å². The van der Waals surface area contributed by atoms with Gasteiger partial charge in [0.2, 0.25) is 0 Å². The van der Waals surface area contributed by atoms with Crippen molar-refractivity contribution in [2.24, 2.45) is 5.92 Å². The van der Waals surface area contributed by atoms with Gasteiger partial charge in [-0.1, -0.05) is 36.4 Å². The Kier molecular flexibility index (Phi) is 4.46. The van der Waals surface area contributed by atoms with Crippen molar-refractivity contribution in [3.63, 3.8) is 0 Å². The number of rotatable bonds is 3. The zero-order chi connectivity index (χ0) is 21.7. The van der Waals surface area contributed by atoms with Gasteiger partial charge < -0.3 is 9.47 Å². The maximum Gasteiger partial charge on any atom is 0.260 e. The first-order chi connectivity index (χ1) is 15.7. The van der Waals surface area contributed by atoms with E-state index in [2.05, 4.69) is 41.3 Å². The van der Waals surface area contributed by atoms with E-state index < -0.39 is 0 Å². The van der Waals surface area contributed by atoms with Crippen LogP contribution in [0.2, 0.25) is 0 Å². The molecule has 1 saturated carbocycles. The van der Waals surface area contributed by atoms with Crippen LogP contribution in [0.1, 0.15) is 36.9 Å². The van der Waals surface area contributed by atoms with Crippen LogP contribution >= 0.6 is 0 Å². The lowest BCUT2D eigenvalue weighted by molar-refractivity contribution is 0.488. The Balaban J connectivity index is 1.35. The van der Waals surface area contributed by atoms with Crippen LogP contribution in [0.4, 0.5) is 5.69 Å². The second kappa shape index (κ2) is 7.49. The highest BCUT2D eigenvalue weighted by Gasteiger charge is 2.41. The third-order valence-electron chi connectivity index (χ3n) is 7.07. The molecule has 2 aliphatic rings. The van der Waals surface area contributed by atoms with Crippen LogP contribution < -0.4 is 10.5 Å². The summed E-state index contributed by atoms with van der Waals surface area (Å²) in [6.45, 7) is 1.64. The zero-order valence-corrected chi connectivity index (χ0v) is 17.8. The lowest BCUT2D eigenvalue weighted by Crippen LogP contribution is -2.34. The highest BCUT2D eigenvalue weighted by atomic mass is 16.1. The number of para-hydroxylation sites is 1. The van der Waals surface area contributed by atoms with Gasteiger partial charge >= 0.3 is 0 Å². The lowest BCUT2D eigenvalue weighted by Gasteiger charge is -2.31. The Hall–Kier alpha value is -3.65. The molecule has 2 atom stereocenters. The number of anilines is 1. The van der Waals surface area contributed by atoms with Gasteiger partial charge in [-0.25, -0.2) is 0 Å². The predicted octanol–water partition coefficient (Wildman–Crippen LogP) is 5.02. The molecule has 158 valence electrons. The van der Waals surface area contributed by atoms with E-state index in [1.165, 1.54) is 0 Å². The van der Waals surface area contributed by atoms with E-state index in [0.29, 0.717) is 0 Å². The minimum Gasteiger partial charge on any atom is -0.371 e. The van der Waals surface area contributed by atoms with Gasteiger partial charge in [0.05, 0.1) is 22.7 Å². The SMILES string of the molecule is N#CC1CCN(c2cccc3ccn([C@@H]4CC4c4ccc5ccccc5n4)c(=O)c23)CC1. The van der Waals surface area contributed by atoms with E-state index in [9.17, 15) is 10.1 Å².